The van der Waals surface area contributed by atoms with Crippen molar-refractivity contribution in [1.29, 1.82) is 0 Å². The molecule has 130 valence electrons. The molecule has 1 aromatic rings. The van der Waals surface area contributed by atoms with E-state index in [2.05, 4.69) is 4.99 Å². The molecule has 0 aromatic heterocycles. The molecule has 2 heterocycles. The summed E-state index contributed by atoms with van der Waals surface area (Å²) in [6, 6.07) is 5.76. The number of aliphatic imine (C=N–C) groups is 1. The van der Waals surface area contributed by atoms with Crippen LogP contribution in [0.25, 0.3) is 0 Å². The number of phenols is 1. The van der Waals surface area contributed by atoms with E-state index in [4.69, 9.17) is 9.47 Å². The van der Waals surface area contributed by atoms with Crippen LogP contribution in [0.2, 0.25) is 0 Å². The molecule has 0 saturated carbocycles. The summed E-state index contributed by atoms with van der Waals surface area (Å²) in [6.07, 6.45) is -2.95. The van der Waals surface area contributed by atoms with Crippen LogP contribution in [0.1, 0.15) is 12.5 Å². The van der Waals surface area contributed by atoms with Crippen LogP contribution in [0.4, 0.5) is 0 Å². The predicted molar refractivity (Wildman–Crippen MR) is 87.9 cm³/mol. The summed E-state index contributed by atoms with van der Waals surface area (Å²) in [5.41, 5.74) is 0.336. The van der Waals surface area contributed by atoms with Crippen LogP contribution < -0.4 is 0 Å². The summed E-state index contributed by atoms with van der Waals surface area (Å²) in [7, 11) is 0. The first-order valence-corrected chi connectivity index (χ1v) is 8.48. The van der Waals surface area contributed by atoms with Gasteiger partial charge in [-0.1, -0.05) is 23.9 Å². The number of nitrogens with zero attached hydrogens (tertiary/aromatic N) is 1. The van der Waals surface area contributed by atoms with Gasteiger partial charge in [-0.25, -0.2) is 0 Å². The van der Waals surface area contributed by atoms with Crippen molar-refractivity contribution in [2.24, 2.45) is 4.99 Å². The Balaban J connectivity index is 1.52. The number of aromatic hydroxyl groups is 1. The number of aliphatic hydroxyl groups is 2. The Morgan fingerprint density at radius 2 is 2.00 bits per heavy atom. The number of carbonyl (C=O) groups excluding carboxylic acids is 1. The van der Waals surface area contributed by atoms with Gasteiger partial charge in [-0.3, -0.25) is 9.79 Å². The van der Waals surface area contributed by atoms with Crippen molar-refractivity contribution in [3.63, 3.8) is 0 Å². The molecule has 8 heteroatoms. The van der Waals surface area contributed by atoms with E-state index in [-0.39, 0.29) is 24.2 Å². The van der Waals surface area contributed by atoms with Gasteiger partial charge in [0.05, 0.1) is 11.5 Å². The highest BCUT2D eigenvalue weighted by molar-refractivity contribution is 8.14. The number of rotatable bonds is 4. The lowest BCUT2D eigenvalue weighted by atomic mass is 9.99. The maximum absolute atomic E-state index is 11.9. The number of thioether (sulfide) groups is 1. The maximum Gasteiger partial charge on any atom is 0.310 e. The molecule has 3 rings (SSSR count). The number of benzene rings is 1. The number of esters is 1. The molecule has 0 unspecified atom stereocenters. The molecule has 0 spiro atoms. The van der Waals surface area contributed by atoms with Crippen LogP contribution in [-0.2, 0) is 20.7 Å². The molecule has 0 radical (unpaired) electrons. The van der Waals surface area contributed by atoms with Gasteiger partial charge in [-0.2, -0.15) is 0 Å². The van der Waals surface area contributed by atoms with E-state index in [1.165, 1.54) is 23.9 Å². The molecular formula is C16H19NO6S. The molecule has 3 N–H and O–H groups in total. The molecule has 1 aromatic carbocycles. The highest BCUT2D eigenvalue weighted by atomic mass is 32.2. The van der Waals surface area contributed by atoms with Gasteiger partial charge in [-0.15, -0.1) is 0 Å². The molecule has 24 heavy (non-hydrogen) atoms. The minimum Gasteiger partial charge on any atom is -0.508 e. The van der Waals surface area contributed by atoms with E-state index >= 15 is 0 Å². The molecule has 1 saturated heterocycles. The van der Waals surface area contributed by atoms with Crippen molar-refractivity contribution in [3.8, 4) is 5.75 Å². The van der Waals surface area contributed by atoms with E-state index in [0.717, 1.165) is 5.04 Å². The second-order valence-electron chi connectivity index (χ2n) is 5.81. The van der Waals surface area contributed by atoms with E-state index in [9.17, 15) is 20.1 Å². The van der Waals surface area contributed by atoms with Crippen molar-refractivity contribution in [2.45, 2.75) is 43.1 Å². The minimum absolute atomic E-state index is 0.0503. The summed E-state index contributed by atoms with van der Waals surface area (Å²) < 4.78 is 10.9. The molecule has 5 atom stereocenters. The number of fused-ring (bicyclic) bond motifs is 1. The van der Waals surface area contributed by atoms with Gasteiger partial charge in [0.15, 0.2) is 0 Å². The molecule has 7 nitrogen and oxygen atoms in total. The number of aliphatic hydroxyl groups excluding tert-OH is 2. The quantitative estimate of drug-likeness (QED) is 0.675. The second kappa shape index (κ2) is 7.10. The maximum atomic E-state index is 11.9. The molecule has 1 fully saturated rings. The number of ether oxygens (including phenoxy) is 2. The summed E-state index contributed by atoms with van der Waals surface area (Å²) in [5.74, 6) is -0.347. The third-order valence-electron chi connectivity index (χ3n) is 3.98. The zero-order valence-electron chi connectivity index (χ0n) is 13.0. The zero-order valence-corrected chi connectivity index (χ0v) is 13.8. The van der Waals surface area contributed by atoms with Crippen molar-refractivity contribution in [3.05, 3.63) is 29.8 Å². The highest BCUT2D eigenvalue weighted by Crippen LogP contribution is 2.36. The lowest BCUT2D eigenvalue weighted by Crippen LogP contribution is -2.56. The Hall–Kier alpha value is -1.61. The van der Waals surface area contributed by atoms with Crippen LogP contribution in [-0.4, -0.2) is 62.7 Å². The van der Waals surface area contributed by atoms with Crippen LogP contribution in [0.15, 0.2) is 29.3 Å². The van der Waals surface area contributed by atoms with Gasteiger partial charge < -0.3 is 24.8 Å². The average molecular weight is 353 g/mol. The molecule has 0 bridgehead atoms. The normalized spacial score (nSPS) is 32.1. The van der Waals surface area contributed by atoms with Gasteiger partial charge in [0, 0.05) is 0 Å². The fraction of sp³-hybridized carbons (Fsp3) is 0.500. The van der Waals surface area contributed by atoms with Crippen molar-refractivity contribution in [2.75, 3.05) is 6.61 Å². The van der Waals surface area contributed by atoms with E-state index in [0.29, 0.717) is 5.56 Å². The monoisotopic (exact) mass is 353 g/mol. The van der Waals surface area contributed by atoms with Gasteiger partial charge in [0.2, 0.25) is 0 Å². The van der Waals surface area contributed by atoms with Crippen LogP contribution in [0.3, 0.4) is 0 Å². The van der Waals surface area contributed by atoms with Gasteiger partial charge in [0.25, 0.3) is 0 Å². The van der Waals surface area contributed by atoms with E-state index in [1.54, 1.807) is 12.1 Å². The first kappa shape index (κ1) is 17.2. The van der Waals surface area contributed by atoms with Gasteiger partial charge in [-0.05, 0) is 24.6 Å². The molecule has 0 aliphatic carbocycles. The Kier molecular flexibility index (Phi) is 5.09. The topological polar surface area (TPSA) is 109 Å². The predicted octanol–water partition coefficient (Wildman–Crippen LogP) is 0.458. The first-order chi connectivity index (χ1) is 11.4. The highest BCUT2D eigenvalue weighted by Gasteiger charge is 2.47. The van der Waals surface area contributed by atoms with E-state index < -0.39 is 30.3 Å². The summed E-state index contributed by atoms with van der Waals surface area (Å²) >= 11 is 1.39. The Morgan fingerprint density at radius 1 is 1.29 bits per heavy atom. The molecule has 2 aliphatic rings. The van der Waals surface area contributed by atoms with E-state index in [1.807, 2.05) is 6.92 Å². The Morgan fingerprint density at radius 3 is 2.71 bits per heavy atom. The smallest absolute Gasteiger partial charge is 0.310 e. The van der Waals surface area contributed by atoms with Crippen LogP contribution in [0, 0.1) is 0 Å². The zero-order chi connectivity index (χ0) is 17.3. The third-order valence-corrected chi connectivity index (χ3v) is 5.05. The third kappa shape index (κ3) is 3.72. The lowest BCUT2D eigenvalue weighted by molar-refractivity contribution is -0.178. The fourth-order valence-electron chi connectivity index (χ4n) is 2.70. The molecular weight excluding hydrogens is 334 g/mol. The van der Waals surface area contributed by atoms with Crippen molar-refractivity contribution < 1.29 is 29.6 Å². The Labute approximate surface area is 143 Å². The fourth-order valence-corrected chi connectivity index (χ4v) is 3.78. The summed E-state index contributed by atoms with van der Waals surface area (Å²) in [6.45, 7) is 1.68. The SMILES string of the molecule is CC1=N[C@@H]2[C@@H](O)[C@H](O)[C@@H](COC(=O)Cc3ccc(O)cc3)O[C@@H]2S1. The summed E-state index contributed by atoms with van der Waals surface area (Å²) in [4.78, 5) is 16.1. The number of hydrogen-bond donors (Lipinski definition) is 3. The minimum atomic E-state index is -1.16. The van der Waals surface area contributed by atoms with Crippen LogP contribution >= 0.6 is 11.8 Å². The molecule has 2 aliphatic heterocycles. The average Bonchev–Trinajstić information content (AvgIpc) is 2.92. The first-order valence-electron chi connectivity index (χ1n) is 7.60. The standard InChI is InChI=1S/C16H19NO6S/c1-8-17-13-15(21)14(20)11(23-16(13)24-8)7-22-12(19)6-9-2-4-10(18)5-3-9/h2-5,11,13-16,18,20-21H,6-7H2,1H3/t11-,13-,14-,15-,16-/m1/s1. The molecule has 0 amide bonds. The van der Waals surface area contributed by atoms with Gasteiger partial charge in [0.1, 0.15) is 42.1 Å². The van der Waals surface area contributed by atoms with Gasteiger partial charge >= 0.3 is 5.97 Å². The lowest BCUT2D eigenvalue weighted by Gasteiger charge is -2.37. The Bertz CT molecular complexity index is 634. The number of carbonyl (C=O) groups is 1. The number of hydrogen-bond acceptors (Lipinski definition) is 8. The number of phenolic OH excluding ortho intramolecular Hbond substituents is 1. The summed E-state index contributed by atoms with van der Waals surface area (Å²) in [5, 5.41) is 30.3. The van der Waals surface area contributed by atoms with Crippen molar-refractivity contribution >= 4 is 22.8 Å². The largest absolute Gasteiger partial charge is 0.508 e. The second-order valence-corrected chi connectivity index (χ2v) is 7.10. The van der Waals surface area contributed by atoms with Crippen molar-refractivity contribution in [1.82, 2.24) is 0 Å². The van der Waals surface area contributed by atoms with Crippen LogP contribution in [0.5, 0.6) is 5.75 Å².